The van der Waals surface area contributed by atoms with E-state index in [9.17, 15) is 0 Å². The Kier molecular flexibility index (Phi) is 3.87. The zero-order valence-corrected chi connectivity index (χ0v) is 11.8. The van der Waals surface area contributed by atoms with Crippen molar-refractivity contribution in [1.29, 1.82) is 0 Å². The fraction of sp³-hybridized carbons (Fsp3) is 0.118. The van der Waals surface area contributed by atoms with Gasteiger partial charge in [0.2, 0.25) is 0 Å². The minimum Gasteiger partial charge on any atom is -0.367 e. The van der Waals surface area contributed by atoms with Crippen LogP contribution in [-0.4, -0.2) is 21.7 Å². The molecule has 2 aromatic carbocycles. The Bertz CT molecular complexity index is 711. The van der Waals surface area contributed by atoms with Gasteiger partial charge in [-0.05, 0) is 6.92 Å². The number of aromatic nitrogens is 3. The monoisotopic (exact) mass is 276 g/mol. The van der Waals surface area contributed by atoms with Gasteiger partial charge < -0.3 is 5.32 Å². The van der Waals surface area contributed by atoms with Gasteiger partial charge in [-0.2, -0.15) is 0 Å². The van der Waals surface area contributed by atoms with Gasteiger partial charge in [0.05, 0.1) is 0 Å². The number of hydrogen-bond donors (Lipinski definition) is 1. The topological polar surface area (TPSA) is 50.7 Å². The van der Waals surface area contributed by atoms with E-state index in [0.29, 0.717) is 11.6 Å². The average molecular weight is 276 g/mol. The summed E-state index contributed by atoms with van der Waals surface area (Å²) in [5, 5.41) is 11.7. The molecule has 3 rings (SSSR count). The van der Waals surface area contributed by atoms with Gasteiger partial charge in [-0.15, -0.1) is 10.2 Å². The third kappa shape index (κ3) is 2.89. The van der Waals surface area contributed by atoms with Gasteiger partial charge in [0, 0.05) is 17.7 Å². The maximum atomic E-state index is 4.70. The van der Waals surface area contributed by atoms with E-state index >= 15 is 0 Å². The summed E-state index contributed by atoms with van der Waals surface area (Å²) in [6, 6.07) is 19.9. The minimum atomic E-state index is 0.635. The third-order valence-corrected chi connectivity index (χ3v) is 3.11. The van der Waals surface area contributed by atoms with E-state index in [4.69, 9.17) is 4.98 Å². The van der Waals surface area contributed by atoms with Crippen molar-refractivity contribution in [2.24, 2.45) is 0 Å². The highest BCUT2D eigenvalue weighted by Gasteiger charge is 2.11. The first-order chi connectivity index (χ1) is 10.4. The van der Waals surface area contributed by atoms with E-state index in [1.807, 2.05) is 67.6 Å². The zero-order valence-electron chi connectivity index (χ0n) is 11.8. The van der Waals surface area contributed by atoms with Gasteiger partial charge in [-0.3, -0.25) is 0 Å². The molecule has 0 fully saturated rings. The molecule has 0 saturated carbocycles. The molecule has 1 N–H and O–H groups in total. The van der Waals surface area contributed by atoms with Crippen molar-refractivity contribution in [3.05, 3.63) is 60.7 Å². The Morgan fingerprint density at radius 2 is 1.43 bits per heavy atom. The number of nitrogens with one attached hydrogen (secondary N) is 1. The van der Waals surface area contributed by atoms with Crippen molar-refractivity contribution in [2.45, 2.75) is 6.92 Å². The normalized spacial score (nSPS) is 10.3. The summed E-state index contributed by atoms with van der Waals surface area (Å²) in [4.78, 5) is 4.70. The number of benzene rings is 2. The van der Waals surface area contributed by atoms with Crippen molar-refractivity contribution >= 4 is 5.82 Å². The molecule has 1 heterocycles. The van der Waals surface area contributed by atoms with Gasteiger partial charge in [-0.25, -0.2) is 4.98 Å². The van der Waals surface area contributed by atoms with E-state index in [-0.39, 0.29) is 0 Å². The predicted molar refractivity (Wildman–Crippen MR) is 84.9 cm³/mol. The Morgan fingerprint density at radius 1 is 0.810 bits per heavy atom. The highest BCUT2D eigenvalue weighted by atomic mass is 15.2. The zero-order chi connectivity index (χ0) is 14.5. The van der Waals surface area contributed by atoms with E-state index in [0.717, 1.165) is 23.4 Å². The van der Waals surface area contributed by atoms with Crippen LogP contribution in [0.25, 0.3) is 22.6 Å². The fourth-order valence-electron chi connectivity index (χ4n) is 2.12. The Labute approximate surface area is 123 Å². The molecule has 0 atom stereocenters. The van der Waals surface area contributed by atoms with Crippen LogP contribution in [0.5, 0.6) is 0 Å². The number of hydrogen-bond acceptors (Lipinski definition) is 4. The first-order valence-electron chi connectivity index (χ1n) is 6.98. The van der Waals surface area contributed by atoms with Crippen molar-refractivity contribution in [1.82, 2.24) is 15.2 Å². The molecule has 0 unspecified atom stereocenters. The number of anilines is 1. The van der Waals surface area contributed by atoms with Gasteiger partial charge >= 0.3 is 0 Å². The highest BCUT2D eigenvalue weighted by molar-refractivity contribution is 5.72. The standard InChI is InChI=1S/C17H16N4/c1-2-18-17-15(13-9-5-3-6-10-13)19-16(20-21-17)14-11-7-4-8-12-14/h3-12H,2H2,1H3,(H,18,21). The van der Waals surface area contributed by atoms with Crippen LogP contribution in [0.4, 0.5) is 5.82 Å². The molecule has 0 saturated heterocycles. The molecule has 0 amide bonds. The van der Waals surface area contributed by atoms with Crippen LogP contribution >= 0.6 is 0 Å². The molecule has 0 bridgehead atoms. The summed E-state index contributed by atoms with van der Waals surface area (Å²) in [6.45, 7) is 2.81. The first-order valence-corrected chi connectivity index (χ1v) is 6.98. The summed E-state index contributed by atoms with van der Waals surface area (Å²) in [5.74, 6) is 1.35. The molecular formula is C17H16N4. The number of nitrogens with zero attached hydrogens (tertiary/aromatic N) is 3. The van der Waals surface area contributed by atoms with Crippen molar-refractivity contribution in [3.8, 4) is 22.6 Å². The van der Waals surface area contributed by atoms with Crippen LogP contribution in [0.3, 0.4) is 0 Å². The molecule has 104 valence electrons. The lowest BCUT2D eigenvalue weighted by molar-refractivity contribution is 0.973. The van der Waals surface area contributed by atoms with Crippen LogP contribution in [0, 0.1) is 0 Å². The fourth-order valence-corrected chi connectivity index (χ4v) is 2.12. The second-order valence-corrected chi connectivity index (χ2v) is 4.60. The van der Waals surface area contributed by atoms with Gasteiger partial charge in [0.1, 0.15) is 5.69 Å². The van der Waals surface area contributed by atoms with E-state index in [2.05, 4.69) is 15.5 Å². The molecule has 4 nitrogen and oxygen atoms in total. The molecule has 1 aromatic heterocycles. The molecule has 0 aliphatic carbocycles. The van der Waals surface area contributed by atoms with Crippen molar-refractivity contribution < 1.29 is 0 Å². The third-order valence-electron chi connectivity index (χ3n) is 3.11. The Morgan fingerprint density at radius 3 is 2.05 bits per heavy atom. The summed E-state index contributed by atoms with van der Waals surface area (Å²) < 4.78 is 0. The molecule has 0 aliphatic rings. The highest BCUT2D eigenvalue weighted by Crippen LogP contribution is 2.25. The summed E-state index contributed by atoms with van der Waals surface area (Å²) >= 11 is 0. The molecule has 0 aliphatic heterocycles. The van der Waals surface area contributed by atoms with Gasteiger partial charge in [-0.1, -0.05) is 60.7 Å². The molecule has 0 spiro atoms. The molecular weight excluding hydrogens is 260 g/mol. The van der Waals surface area contributed by atoms with Crippen LogP contribution < -0.4 is 5.32 Å². The second kappa shape index (κ2) is 6.13. The maximum Gasteiger partial charge on any atom is 0.182 e. The van der Waals surface area contributed by atoms with Gasteiger partial charge in [0.15, 0.2) is 11.6 Å². The second-order valence-electron chi connectivity index (χ2n) is 4.60. The molecule has 4 heteroatoms. The lowest BCUT2D eigenvalue weighted by Crippen LogP contribution is -2.06. The molecule has 0 radical (unpaired) electrons. The molecule has 3 aromatic rings. The van der Waals surface area contributed by atoms with Crippen molar-refractivity contribution in [3.63, 3.8) is 0 Å². The van der Waals surface area contributed by atoms with Gasteiger partial charge in [0.25, 0.3) is 0 Å². The SMILES string of the molecule is CCNc1nnc(-c2ccccc2)nc1-c1ccccc1. The van der Waals surface area contributed by atoms with E-state index in [1.165, 1.54) is 0 Å². The molecule has 21 heavy (non-hydrogen) atoms. The summed E-state index contributed by atoms with van der Waals surface area (Å²) in [5.41, 5.74) is 2.82. The van der Waals surface area contributed by atoms with Crippen LogP contribution in [0.1, 0.15) is 6.92 Å². The van der Waals surface area contributed by atoms with Crippen molar-refractivity contribution in [2.75, 3.05) is 11.9 Å². The largest absolute Gasteiger partial charge is 0.367 e. The predicted octanol–water partition coefficient (Wildman–Crippen LogP) is 3.64. The van der Waals surface area contributed by atoms with E-state index in [1.54, 1.807) is 0 Å². The smallest absolute Gasteiger partial charge is 0.182 e. The Hall–Kier alpha value is -2.75. The van der Waals surface area contributed by atoms with E-state index < -0.39 is 0 Å². The summed E-state index contributed by atoms with van der Waals surface area (Å²) in [6.07, 6.45) is 0. The van der Waals surface area contributed by atoms with Crippen LogP contribution in [0.2, 0.25) is 0 Å². The lowest BCUT2D eigenvalue weighted by Gasteiger charge is -2.09. The quantitative estimate of drug-likeness (QED) is 0.790. The number of rotatable bonds is 4. The van der Waals surface area contributed by atoms with Crippen LogP contribution in [0.15, 0.2) is 60.7 Å². The first kappa shape index (κ1) is 13.2. The minimum absolute atomic E-state index is 0.635. The average Bonchev–Trinajstić information content (AvgIpc) is 2.57. The van der Waals surface area contributed by atoms with Crippen LogP contribution in [-0.2, 0) is 0 Å². The summed E-state index contributed by atoms with van der Waals surface area (Å²) in [7, 11) is 0. The lowest BCUT2D eigenvalue weighted by atomic mass is 10.1. The maximum absolute atomic E-state index is 4.70. The Balaban J connectivity index is 2.11.